The summed E-state index contributed by atoms with van der Waals surface area (Å²) in [6.07, 6.45) is -4.86. The van der Waals surface area contributed by atoms with Crippen LogP contribution in [0.3, 0.4) is 0 Å². The second kappa shape index (κ2) is 6.96. The van der Waals surface area contributed by atoms with Gasteiger partial charge in [0, 0.05) is 5.02 Å². The number of carbonyl (C=O) groups excluding carboxylic acids is 1. The Morgan fingerprint density at radius 3 is 2.45 bits per heavy atom. The molecule has 0 amide bonds. The van der Waals surface area contributed by atoms with Crippen LogP contribution in [0.1, 0.15) is 23.1 Å². The van der Waals surface area contributed by atoms with Crippen molar-refractivity contribution < 1.29 is 22.7 Å². The Morgan fingerprint density at radius 1 is 1.14 bits per heavy atom. The third-order valence-electron chi connectivity index (χ3n) is 4.31. The molecule has 0 radical (unpaired) electrons. The molecule has 5 nitrogen and oxygen atoms in total. The van der Waals surface area contributed by atoms with Crippen molar-refractivity contribution in [3.8, 4) is 5.69 Å². The number of halogens is 5. The van der Waals surface area contributed by atoms with E-state index >= 15 is 0 Å². The van der Waals surface area contributed by atoms with E-state index in [0.29, 0.717) is 21.7 Å². The highest BCUT2D eigenvalue weighted by Gasteiger charge is 2.42. The van der Waals surface area contributed by atoms with E-state index in [1.807, 2.05) is 0 Å². The van der Waals surface area contributed by atoms with Crippen LogP contribution in [0.25, 0.3) is 22.5 Å². The zero-order valence-electron chi connectivity index (χ0n) is 14.8. The molecule has 0 unspecified atom stereocenters. The van der Waals surface area contributed by atoms with Gasteiger partial charge in [-0.3, -0.25) is 8.97 Å². The van der Waals surface area contributed by atoms with Gasteiger partial charge in [-0.05, 0) is 37.3 Å². The molecule has 10 heteroatoms. The lowest BCUT2D eigenvalue weighted by Gasteiger charge is -2.08. The van der Waals surface area contributed by atoms with Gasteiger partial charge in [0.1, 0.15) is 0 Å². The maximum absolute atomic E-state index is 13.7. The van der Waals surface area contributed by atoms with Crippen LogP contribution in [0.15, 0.2) is 42.5 Å². The van der Waals surface area contributed by atoms with Gasteiger partial charge in [0.05, 0.1) is 28.4 Å². The van der Waals surface area contributed by atoms with E-state index in [9.17, 15) is 18.0 Å². The van der Waals surface area contributed by atoms with Crippen molar-refractivity contribution in [3.05, 3.63) is 63.9 Å². The topological polar surface area (TPSA) is 48.5 Å². The molecule has 2 aromatic heterocycles. The van der Waals surface area contributed by atoms with Gasteiger partial charge in [0.25, 0.3) is 0 Å². The molecule has 0 atom stereocenters. The number of carbonyl (C=O) groups is 1. The fourth-order valence-electron chi connectivity index (χ4n) is 3.22. The monoisotopic (exact) mass is 441 g/mol. The summed E-state index contributed by atoms with van der Waals surface area (Å²) in [5.74, 6) is -1.23. The van der Waals surface area contributed by atoms with E-state index < -0.39 is 23.5 Å². The summed E-state index contributed by atoms with van der Waals surface area (Å²) in [5.41, 5.74) is -0.778. The molecule has 4 rings (SSSR count). The largest absolute Gasteiger partial charge is 0.461 e. The van der Waals surface area contributed by atoms with Crippen LogP contribution in [-0.2, 0) is 10.9 Å². The molecule has 0 saturated carbocycles. The average molecular weight is 442 g/mol. The molecule has 2 heterocycles. The van der Waals surface area contributed by atoms with Crippen molar-refractivity contribution in [2.45, 2.75) is 13.1 Å². The van der Waals surface area contributed by atoms with Crippen LogP contribution in [0, 0.1) is 0 Å². The van der Waals surface area contributed by atoms with Crippen molar-refractivity contribution in [3.63, 3.8) is 0 Å². The predicted molar refractivity (Wildman–Crippen MR) is 103 cm³/mol. The minimum absolute atomic E-state index is 0.0784. The number of hydrogen-bond donors (Lipinski definition) is 0. The first-order chi connectivity index (χ1) is 13.7. The Labute approximate surface area is 172 Å². The zero-order chi connectivity index (χ0) is 20.9. The average Bonchev–Trinajstić information content (AvgIpc) is 3.17. The number of esters is 1. The number of alkyl halides is 3. The lowest BCUT2D eigenvalue weighted by atomic mass is 10.2. The van der Waals surface area contributed by atoms with Crippen LogP contribution in [-0.4, -0.2) is 26.5 Å². The first-order valence-corrected chi connectivity index (χ1v) is 9.21. The molecule has 150 valence electrons. The summed E-state index contributed by atoms with van der Waals surface area (Å²) in [4.78, 5) is 16.2. The number of imidazole rings is 2. The molecular formula is C19H12Cl2F3N3O2. The Balaban J connectivity index is 2.18. The maximum Gasteiger partial charge on any atom is 0.435 e. The maximum atomic E-state index is 13.7. The second-order valence-electron chi connectivity index (χ2n) is 6.08. The number of aromatic nitrogens is 3. The second-order valence-corrected chi connectivity index (χ2v) is 6.93. The quantitative estimate of drug-likeness (QED) is 0.378. The molecule has 0 bridgehead atoms. The lowest BCUT2D eigenvalue weighted by molar-refractivity contribution is -0.141. The third kappa shape index (κ3) is 3.12. The van der Waals surface area contributed by atoms with E-state index in [1.54, 1.807) is 36.4 Å². The molecule has 0 spiro atoms. The summed E-state index contributed by atoms with van der Waals surface area (Å²) in [6, 6.07) is 11.3. The van der Waals surface area contributed by atoms with Gasteiger partial charge in [-0.2, -0.15) is 13.2 Å². The van der Waals surface area contributed by atoms with Crippen LogP contribution >= 0.6 is 23.2 Å². The van der Waals surface area contributed by atoms with Crippen LogP contribution < -0.4 is 0 Å². The highest BCUT2D eigenvalue weighted by Crippen LogP contribution is 2.37. The summed E-state index contributed by atoms with van der Waals surface area (Å²) in [6.45, 7) is 1.44. The Bertz CT molecular complexity index is 1260. The van der Waals surface area contributed by atoms with Crippen molar-refractivity contribution in [2.24, 2.45) is 0 Å². The number of fused-ring (bicyclic) bond motifs is 3. The van der Waals surface area contributed by atoms with E-state index in [2.05, 4.69) is 4.98 Å². The highest BCUT2D eigenvalue weighted by atomic mass is 35.5. The van der Waals surface area contributed by atoms with E-state index in [4.69, 9.17) is 27.9 Å². The first-order valence-electron chi connectivity index (χ1n) is 8.45. The van der Waals surface area contributed by atoms with Crippen molar-refractivity contribution >= 4 is 46.0 Å². The number of ether oxygens (including phenoxy) is 1. The normalized spacial score (nSPS) is 12.1. The van der Waals surface area contributed by atoms with Gasteiger partial charge in [-0.1, -0.05) is 35.3 Å². The molecule has 0 fully saturated rings. The Kier molecular flexibility index (Phi) is 4.71. The lowest BCUT2D eigenvalue weighted by Crippen LogP contribution is -2.16. The number of nitrogens with zero attached hydrogens (tertiary/aromatic N) is 3. The number of para-hydroxylation sites is 2. The van der Waals surface area contributed by atoms with Gasteiger partial charge in [0.15, 0.2) is 11.4 Å². The minimum Gasteiger partial charge on any atom is -0.461 e. The van der Waals surface area contributed by atoms with E-state index in [1.165, 1.54) is 17.6 Å². The highest BCUT2D eigenvalue weighted by molar-refractivity contribution is 6.35. The first kappa shape index (κ1) is 19.6. The SMILES string of the molecule is CCOC(=O)c1c(C(F)(F)F)nc2n(-c3ccc(Cl)cc3Cl)c3ccccc3n12. The smallest absolute Gasteiger partial charge is 0.435 e. The molecule has 0 N–H and O–H groups in total. The fraction of sp³-hybridized carbons (Fsp3) is 0.158. The fourth-order valence-corrected chi connectivity index (χ4v) is 3.72. The summed E-state index contributed by atoms with van der Waals surface area (Å²) < 4.78 is 48.6. The number of benzene rings is 2. The molecular weight excluding hydrogens is 430 g/mol. The van der Waals surface area contributed by atoms with E-state index in [0.717, 1.165) is 4.40 Å². The molecule has 2 aromatic carbocycles. The molecule has 29 heavy (non-hydrogen) atoms. The molecule has 0 aliphatic rings. The van der Waals surface area contributed by atoms with Crippen LogP contribution in [0.4, 0.5) is 13.2 Å². The zero-order valence-corrected chi connectivity index (χ0v) is 16.3. The number of rotatable bonds is 3. The predicted octanol–water partition coefficient (Wildman–Crippen LogP) is 5.78. The molecule has 0 aliphatic heterocycles. The molecule has 0 saturated heterocycles. The Hall–Kier alpha value is -2.71. The van der Waals surface area contributed by atoms with Crippen molar-refractivity contribution in [1.29, 1.82) is 0 Å². The van der Waals surface area contributed by atoms with Crippen LogP contribution in [0.5, 0.6) is 0 Å². The molecule has 4 aromatic rings. The molecule has 0 aliphatic carbocycles. The third-order valence-corrected chi connectivity index (χ3v) is 4.85. The van der Waals surface area contributed by atoms with Crippen LogP contribution in [0.2, 0.25) is 10.0 Å². The summed E-state index contributed by atoms with van der Waals surface area (Å²) in [7, 11) is 0. The van der Waals surface area contributed by atoms with Gasteiger partial charge >= 0.3 is 12.1 Å². The van der Waals surface area contributed by atoms with Gasteiger partial charge in [-0.15, -0.1) is 0 Å². The standard InChI is InChI=1S/C19H12Cl2F3N3O2/c1-2-29-17(28)15-16(19(22,23)24)25-18-26(12-8-7-10(20)9-11(12)21)13-5-3-4-6-14(13)27(15)18/h3-9H,2H2,1H3. The Morgan fingerprint density at radius 2 is 1.83 bits per heavy atom. The number of hydrogen-bond acceptors (Lipinski definition) is 3. The van der Waals surface area contributed by atoms with Gasteiger partial charge in [0.2, 0.25) is 5.78 Å². The van der Waals surface area contributed by atoms with Gasteiger partial charge in [-0.25, -0.2) is 9.78 Å². The summed E-state index contributed by atoms with van der Waals surface area (Å²) >= 11 is 12.3. The van der Waals surface area contributed by atoms with E-state index in [-0.39, 0.29) is 17.4 Å². The van der Waals surface area contributed by atoms with Gasteiger partial charge < -0.3 is 4.74 Å². The van der Waals surface area contributed by atoms with Crippen molar-refractivity contribution in [1.82, 2.24) is 14.0 Å². The minimum atomic E-state index is -4.86. The van der Waals surface area contributed by atoms with Crippen molar-refractivity contribution in [2.75, 3.05) is 6.61 Å². The summed E-state index contributed by atoms with van der Waals surface area (Å²) in [5, 5.41) is 0.591.